The van der Waals surface area contributed by atoms with Crippen molar-refractivity contribution in [3.05, 3.63) is 41.7 Å². The molecule has 2 aromatic rings. The van der Waals surface area contributed by atoms with Gasteiger partial charge in [-0.3, -0.25) is 4.57 Å². The van der Waals surface area contributed by atoms with Gasteiger partial charge in [-0.2, -0.15) is 0 Å². The first-order chi connectivity index (χ1) is 6.68. The summed E-state index contributed by atoms with van der Waals surface area (Å²) in [4.78, 5) is 0. The van der Waals surface area contributed by atoms with Crippen molar-refractivity contribution >= 4 is 0 Å². The minimum Gasteiger partial charge on any atom is -0.283 e. The molecule has 0 fully saturated rings. The lowest BCUT2D eigenvalue weighted by molar-refractivity contribution is 0.626. The topological polar surface area (TPSA) is 30.7 Å². The van der Waals surface area contributed by atoms with Gasteiger partial charge in [0.15, 0.2) is 0 Å². The second kappa shape index (κ2) is 3.21. The van der Waals surface area contributed by atoms with Crippen LogP contribution < -0.4 is 0 Å². The third-order valence-corrected chi connectivity index (χ3v) is 2.05. The van der Waals surface area contributed by atoms with Gasteiger partial charge in [0.1, 0.15) is 17.5 Å². The Bertz CT molecular complexity index is 443. The molecule has 14 heavy (non-hydrogen) atoms. The van der Waals surface area contributed by atoms with E-state index in [-0.39, 0.29) is 5.82 Å². The summed E-state index contributed by atoms with van der Waals surface area (Å²) in [5, 5.41) is 7.83. The Morgan fingerprint density at radius 1 is 1.14 bits per heavy atom. The lowest BCUT2D eigenvalue weighted by Gasteiger charge is -2.05. The zero-order valence-electron chi connectivity index (χ0n) is 8.03. The van der Waals surface area contributed by atoms with Crippen LogP contribution in [-0.4, -0.2) is 14.8 Å². The molecule has 2 rings (SSSR count). The Hall–Kier alpha value is -1.71. The number of aromatic nitrogens is 3. The van der Waals surface area contributed by atoms with Gasteiger partial charge in [0, 0.05) is 0 Å². The molecular weight excluding hydrogens is 181 g/mol. The molecule has 0 saturated carbocycles. The first-order valence-electron chi connectivity index (χ1n) is 4.33. The van der Waals surface area contributed by atoms with Crippen LogP contribution in [0.1, 0.15) is 11.6 Å². The molecule has 0 spiro atoms. The van der Waals surface area contributed by atoms with Crippen LogP contribution in [0.2, 0.25) is 0 Å². The summed E-state index contributed by atoms with van der Waals surface area (Å²) in [5.41, 5.74) is 0.755. The number of hydrogen-bond donors (Lipinski definition) is 0. The van der Waals surface area contributed by atoms with Gasteiger partial charge in [0.05, 0.1) is 5.69 Å². The molecule has 4 heteroatoms. The van der Waals surface area contributed by atoms with Crippen molar-refractivity contribution in [2.45, 2.75) is 13.8 Å². The molecule has 1 heterocycles. The molecule has 0 aliphatic heterocycles. The fourth-order valence-electron chi connectivity index (χ4n) is 1.46. The lowest BCUT2D eigenvalue weighted by atomic mass is 10.3. The van der Waals surface area contributed by atoms with Gasteiger partial charge in [-0.25, -0.2) is 4.39 Å². The van der Waals surface area contributed by atoms with Gasteiger partial charge in [-0.1, -0.05) is 6.07 Å². The normalized spacial score (nSPS) is 10.5. The van der Waals surface area contributed by atoms with E-state index in [0.717, 1.165) is 17.3 Å². The Labute approximate surface area is 81.2 Å². The number of aryl methyl sites for hydroxylation is 2. The van der Waals surface area contributed by atoms with Gasteiger partial charge in [0.2, 0.25) is 0 Å². The van der Waals surface area contributed by atoms with Crippen molar-refractivity contribution in [3.63, 3.8) is 0 Å². The second-order valence-corrected chi connectivity index (χ2v) is 3.11. The third-order valence-electron chi connectivity index (χ3n) is 2.05. The molecule has 0 saturated heterocycles. The maximum Gasteiger partial charge on any atom is 0.134 e. The summed E-state index contributed by atoms with van der Waals surface area (Å²) in [6, 6.07) is 6.37. The Kier molecular flexibility index (Phi) is 2.04. The highest BCUT2D eigenvalue weighted by molar-refractivity contribution is 5.34. The quantitative estimate of drug-likeness (QED) is 0.690. The zero-order valence-corrected chi connectivity index (χ0v) is 8.03. The molecule has 1 aromatic carbocycles. The predicted octanol–water partition coefficient (Wildman–Crippen LogP) is 2.02. The van der Waals surface area contributed by atoms with E-state index in [1.807, 2.05) is 24.5 Å². The summed E-state index contributed by atoms with van der Waals surface area (Å²) < 4.78 is 14.8. The van der Waals surface area contributed by atoms with Crippen LogP contribution in [0.25, 0.3) is 5.69 Å². The highest BCUT2D eigenvalue weighted by Gasteiger charge is 2.06. The van der Waals surface area contributed by atoms with Crippen molar-refractivity contribution < 1.29 is 4.39 Å². The van der Waals surface area contributed by atoms with E-state index in [2.05, 4.69) is 10.2 Å². The van der Waals surface area contributed by atoms with Gasteiger partial charge < -0.3 is 0 Å². The van der Waals surface area contributed by atoms with Gasteiger partial charge in [-0.15, -0.1) is 10.2 Å². The van der Waals surface area contributed by atoms with Crippen molar-refractivity contribution in [3.8, 4) is 5.69 Å². The minimum atomic E-state index is -0.255. The molecule has 0 unspecified atom stereocenters. The summed E-state index contributed by atoms with van der Waals surface area (Å²) in [6.07, 6.45) is 0. The molecule has 72 valence electrons. The fourth-order valence-corrected chi connectivity index (χ4v) is 1.46. The largest absolute Gasteiger partial charge is 0.283 e. The van der Waals surface area contributed by atoms with E-state index in [9.17, 15) is 4.39 Å². The molecule has 0 radical (unpaired) electrons. The number of nitrogens with zero attached hydrogens (tertiary/aromatic N) is 3. The van der Waals surface area contributed by atoms with Crippen LogP contribution in [0, 0.1) is 19.7 Å². The van der Waals surface area contributed by atoms with E-state index in [0.29, 0.717) is 0 Å². The van der Waals surface area contributed by atoms with Crippen LogP contribution >= 0.6 is 0 Å². The number of rotatable bonds is 1. The molecule has 0 amide bonds. The maximum absolute atomic E-state index is 13.0. The minimum absolute atomic E-state index is 0.255. The van der Waals surface area contributed by atoms with Gasteiger partial charge >= 0.3 is 0 Å². The second-order valence-electron chi connectivity index (χ2n) is 3.11. The van der Waals surface area contributed by atoms with Crippen molar-refractivity contribution in [1.82, 2.24) is 14.8 Å². The highest BCUT2D eigenvalue weighted by Crippen LogP contribution is 2.13. The summed E-state index contributed by atoms with van der Waals surface area (Å²) >= 11 is 0. The molecule has 0 aliphatic carbocycles. The smallest absolute Gasteiger partial charge is 0.134 e. The predicted molar refractivity (Wildman–Crippen MR) is 50.8 cm³/mol. The Morgan fingerprint density at radius 3 is 2.36 bits per heavy atom. The first kappa shape index (κ1) is 8.87. The average molecular weight is 191 g/mol. The van der Waals surface area contributed by atoms with Crippen molar-refractivity contribution in [2.24, 2.45) is 0 Å². The molecule has 0 N–H and O–H groups in total. The zero-order chi connectivity index (χ0) is 10.1. The maximum atomic E-state index is 13.0. The molecule has 0 atom stereocenters. The summed E-state index contributed by atoms with van der Waals surface area (Å²) in [6.45, 7) is 3.68. The first-order valence-corrected chi connectivity index (χ1v) is 4.33. The number of halogens is 1. The lowest BCUT2D eigenvalue weighted by Crippen LogP contribution is -1.99. The molecule has 1 aromatic heterocycles. The summed E-state index contributed by atoms with van der Waals surface area (Å²) in [5.74, 6) is 1.26. The standard InChI is InChI=1S/C10H10FN3/c1-7-12-13-8(2)14(7)10-5-3-4-9(11)6-10/h3-6H,1-2H3. The van der Waals surface area contributed by atoms with Crippen LogP contribution in [0.3, 0.4) is 0 Å². The van der Waals surface area contributed by atoms with E-state index in [1.54, 1.807) is 6.07 Å². The number of hydrogen-bond acceptors (Lipinski definition) is 2. The van der Waals surface area contributed by atoms with Gasteiger partial charge in [-0.05, 0) is 32.0 Å². The van der Waals surface area contributed by atoms with Crippen molar-refractivity contribution in [1.29, 1.82) is 0 Å². The van der Waals surface area contributed by atoms with E-state index in [1.165, 1.54) is 12.1 Å². The molecular formula is C10H10FN3. The van der Waals surface area contributed by atoms with E-state index in [4.69, 9.17) is 0 Å². The van der Waals surface area contributed by atoms with E-state index >= 15 is 0 Å². The van der Waals surface area contributed by atoms with Crippen molar-refractivity contribution in [2.75, 3.05) is 0 Å². The van der Waals surface area contributed by atoms with Crippen LogP contribution in [0.15, 0.2) is 24.3 Å². The molecule has 3 nitrogen and oxygen atoms in total. The Balaban J connectivity index is 2.59. The van der Waals surface area contributed by atoms with E-state index < -0.39 is 0 Å². The monoisotopic (exact) mass is 191 g/mol. The van der Waals surface area contributed by atoms with Crippen LogP contribution in [0.5, 0.6) is 0 Å². The SMILES string of the molecule is Cc1nnc(C)n1-c1cccc(F)c1. The van der Waals surface area contributed by atoms with Gasteiger partial charge in [0.25, 0.3) is 0 Å². The number of benzene rings is 1. The molecule has 0 aliphatic rings. The van der Waals surface area contributed by atoms with Crippen LogP contribution in [0.4, 0.5) is 4.39 Å². The summed E-state index contributed by atoms with van der Waals surface area (Å²) in [7, 11) is 0. The van der Waals surface area contributed by atoms with Crippen LogP contribution in [-0.2, 0) is 0 Å². The third kappa shape index (κ3) is 1.39. The fraction of sp³-hybridized carbons (Fsp3) is 0.200. The molecule has 0 bridgehead atoms. The Morgan fingerprint density at radius 2 is 1.79 bits per heavy atom. The highest BCUT2D eigenvalue weighted by atomic mass is 19.1. The average Bonchev–Trinajstić information content (AvgIpc) is 2.46.